The number of hydrogen-bond acceptors (Lipinski definition) is 3. The third kappa shape index (κ3) is 3.16. The molecule has 1 saturated carbocycles. The van der Waals surface area contributed by atoms with Gasteiger partial charge < -0.3 is 14.5 Å². The normalized spacial score (nSPS) is 26.8. The van der Waals surface area contributed by atoms with Crippen molar-refractivity contribution in [2.24, 2.45) is 5.41 Å². The standard InChI is InChI=1S/C12H24N2O/c1-3-15-11-12(4-5-12)10-14-8-6-13(2)7-9-14/h3-11H2,1-2H3. The predicted molar refractivity (Wildman–Crippen MR) is 62.1 cm³/mol. The summed E-state index contributed by atoms with van der Waals surface area (Å²) in [6.07, 6.45) is 2.75. The number of ether oxygens (including phenoxy) is 1. The van der Waals surface area contributed by atoms with Gasteiger partial charge >= 0.3 is 0 Å². The fraction of sp³-hybridized carbons (Fsp3) is 1.00. The van der Waals surface area contributed by atoms with E-state index < -0.39 is 0 Å². The molecule has 0 N–H and O–H groups in total. The van der Waals surface area contributed by atoms with Gasteiger partial charge in [0.15, 0.2) is 0 Å². The van der Waals surface area contributed by atoms with Gasteiger partial charge in [-0.1, -0.05) is 0 Å². The third-order valence-corrected chi connectivity index (χ3v) is 3.72. The molecule has 0 aromatic rings. The average molecular weight is 212 g/mol. The summed E-state index contributed by atoms with van der Waals surface area (Å²) in [5.74, 6) is 0. The van der Waals surface area contributed by atoms with Gasteiger partial charge in [-0.3, -0.25) is 0 Å². The molecule has 1 aliphatic carbocycles. The summed E-state index contributed by atoms with van der Waals surface area (Å²) in [6.45, 7) is 10.1. The van der Waals surface area contributed by atoms with Crippen molar-refractivity contribution in [3.63, 3.8) is 0 Å². The van der Waals surface area contributed by atoms with Gasteiger partial charge in [-0.05, 0) is 26.8 Å². The van der Waals surface area contributed by atoms with Crippen molar-refractivity contribution in [1.82, 2.24) is 9.80 Å². The Kier molecular flexibility index (Phi) is 3.65. The minimum atomic E-state index is 0.534. The first kappa shape index (κ1) is 11.4. The van der Waals surface area contributed by atoms with E-state index in [1.54, 1.807) is 0 Å². The van der Waals surface area contributed by atoms with Crippen LogP contribution in [0, 0.1) is 5.41 Å². The Morgan fingerprint density at radius 1 is 1.13 bits per heavy atom. The highest BCUT2D eigenvalue weighted by atomic mass is 16.5. The summed E-state index contributed by atoms with van der Waals surface area (Å²) in [7, 11) is 2.21. The largest absolute Gasteiger partial charge is 0.381 e. The van der Waals surface area contributed by atoms with Crippen LogP contribution in [0.1, 0.15) is 19.8 Å². The van der Waals surface area contributed by atoms with Crippen LogP contribution in [0.3, 0.4) is 0 Å². The topological polar surface area (TPSA) is 15.7 Å². The molecular weight excluding hydrogens is 188 g/mol. The average Bonchev–Trinajstić information content (AvgIpc) is 3.00. The molecule has 3 nitrogen and oxygen atoms in total. The molecule has 0 aromatic carbocycles. The molecule has 0 atom stereocenters. The summed E-state index contributed by atoms with van der Waals surface area (Å²) in [5, 5.41) is 0. The molecule has 1 heterocycles. The molecule has 1 aliphatic heterocycles. The summed E-state index contributed by atoms with van der Waals surface area (Å²) < 4.78 is 5.59. The lowest BCUT2D eigenvalue weighted by Crippen LogP contribution is -2.47. The maximum atomic E-state index is 5.59. The van der Waals surface area contributed by atoms with Crippen LogP contribution in [0.2, 0.25) is 0 Å². The molecule has 0 amide bonds. The van der Waals surface area contributed by atoms with Gasteiger partial charge in [-0.25, -0.2) is 0 Å². The summed E-state index contributed by atoms with van der Waals surface area (Å²) in [5.41, 5.74) is 0.534. The first-order chi connectivity index (χ1) is 7.24. The van der Waals surface area contributed by atoms with E-state index in [4.69, 9.17) is 4.74 Å². The van der Waals surface area contributed by atoms with Crippen molar-refractivity contribution in [2.45, 2.75) is 19.8 Å². The molecule has 1 saturated heterocycles. The molecule has 2 fully saturated rings. The molecule has 0 bridgehead atoms. The Morgan fingerprint density at radius 2 is 1.80 bits per heavy atom. The van der Waals surface area contributed by atoms with E-state index in [9.17, 15) is 0 Å². The van der Waals surface area contributed by atoms with Crippen LogP contribution in [-0.4, -0.2) is 62.8 Å². The van der Waals surface area contributed by atoms with E-state index in [1.165, 1.54) is 45.6 Å². The lowest BCUT2D eigenvalue weighted by atomic mass is 10.1. The lowest BCUT2D eigenvalue weighted by molar-refractivity contribution is 0.0639. The number of hydrogen-bond donors (Lipinski definition) is 0. The van der Waals surface area contributed by atoms with Gasteiger partial charge in [0, 0.05) is 44.7 Å². The second kappa shape index (κ2) is 4.81. The molecule has 0 radical (unpaired) electrons. The molecule has 2 rings (SSSR count). The number of piperazine rings is 1. The first-order valence-electron chi connectivity index (χ1n) is 6.23. The molecule has 15 heavy (non-hydrogen) atoms. The fourth-order valence-electron chi connectivity index (χ4n) is 2.32. The second-order valence-corrected chi connectivity index (χ2v) is 5.22. The zero-order valence-corrected chi connectivity index (χ0v) is 10.2. The lowest BCUT2D eigenvalue weighted by Gasteiger charge is -2.34. The molecular formula is C12H24N2O. The quantitative estimate of drug-likeness (QED) is 0.677. The fourth-order valence-corrected chi connectivity index (χ4v) is 2.32. The summed E-state index contributed by atoms with van der Waals surface area (Å²) >= 11 is 0. The number of nitrogens with zero attached hydrogens (tertiary/aromatic N) is 2. The molecule has 3 heteroatoms. The Morgan fingerprint density at radius 3 is 2.33 bits per heavy atom. The van der Waals surface area contributed by atoms with E-state index in [0.717, 1.165) is 13.2 Å². The second-order valence-electron chi connectivity index (χ2n) is 5.22. The van der Waals surface area contributed by atoms with Gasteiger partial charge in [0.2, 0.25) is 0 Å². The molecule has 0 spiro atoms. The highest BCUT2D eigenvalue weighted by molar-refractivity contribution is 4.96. The van der Waals surface area contributed by atoms with Crippen LogP contribution in [0.4, 0.5) is 0 Å². The molecule has 2 aliphatic rings. The minimum absolute atomic E-state index is 0.534. The van der Waals surface area contributed by atoms with Crippen LogP contribution in [-0.2, 0) is 4.74 Å². The summed E-state index contributed by atoms with van der Waals surface area (Å²) in [6, 6.07) is 0. The van der Waals surface area contributed by atoms with E-state index in [2.05, 4.69) is 23.8 Å². The van der Waals surface area contributed by atoms with E-state index in [0.29, 0.717) is 5.41 Å². The minimum Gasteiger partial charge on any atom is -0.381 e. The van der Waals surface area contributed by atoms with E-state index in [-0.39, 0.29) is 0 Å². The molecule has 0 unspecified atom stereocenters. The van der Waals surface area contributed by atoms with Crippen molar-refractivity contribution >= 4 is 0 Å². The SMILES string of the molecule is CCOCC1(CN2CCN(C)CC2)CC1. The molecule has 0 aromatic heterocycles. The third-order valence-electron chi connectivity index (χ3n) is 3.72. The zero-order valence-electron chi connectivity index (χ0n) is 10.2. The maximum Gasteiger partial charge on any atom is 0.0534 e. The van der Waals surface area contributed by atoms with Crippen molar-refractivity contribution in [3.8, 4) is 0 Å². The highest BCUT2D eigenvalue weighted by Crippen LogP contribution is 2.46. The Balaban J connectivity index is 1.72. The van der Waals surface area contributed by atoms with Gasteiger partial charge in [0.25, 0.3) is 0 Å². The highest BCUT2D eigenvalue weighted by Gasteiger charge is 2.44. The van der Waals surface area contributed by atoms with Gasteiger partial charge in [-0.2, -0.15) is 0 Å². The van der Waals surface area contributed by atoms with Crippen LogP contribution >= 0.6 is 0 Å². The van der Waals surface area contributed by atoms with Crippen molar-refractivity contribution in [1.29, 1.82) is 0 Å². The summed E-state index contributed by atoms with van der Waals surface area (Å²) in [4.78, 5) is 5.03. The monoisotopic (exact) mass is 212 g/mol. The van der Waals surface area contributed by atoms with Crippen molar-refractivity contribution in [2.75, 3.05) is 53.0 Å². The van der Waals surface area contributed by atoms with Crippen molar-refractivity contribution < 1.29 is 4.74 Å². The maximum absolute atomic E-state index is 5.59. The van der Waals surface area contributed by atoms with E-state index >= 15 is 0 Å². The number of likely N-dealkylation sites (N-methyl/N-ethyl adjacent to an activating group) is 1. The number of rotatable bonds is 5. The van der Waals surface area contributed by atoms with Crippen LogP contribution < -0.4 is 0 Å². The zero-order chi connectivity index (χ0) is 10.7. The van der Waals surface area contributed by atoms with Crippen LogP contribution in [0.25, 0.3) is 0 Å². The van der Waals surface area contributed by atoms with Gasteiger partial charge in [0.1, 0.15) is 0 Å². The Labute approximate surface area is 93.4 Å². The van der Waals surface area contributed by atoms with E-state index in [1.807, 2.05) is 0 Å². The predicted octanol–water partition coefficient (Wildman–Crippen LogP) is 1.05. The van der Waals surface area contributed by atoms with Gasteiger partial charge in [0.05, 0.1) is 6.61 Å². The Hall–Kier alpha value is -0.120. The van der Waals surface area contributed by atoms with Crippen molar-refractivity contribution in [3.05, 3.63) is 0 Å². The smallest absolute Gasteiger partial charge is 0.0534 e. The van der Waals surface area contributed by atoms with Crippen LogP contribution in [0.15, 0.2) is 0 Å². The van der Waals surface area contributed by atoms with Crippen LogP contribution in [0.5, 0.6) is 0 Å². The van der Waals surface area contributed by atoms with Gasteiger partial charge in [-0.15, -0.1) is 0 Å². The molecule has 88 valence electrons. The first-order valence-corrected chi connectivity index (χ1v) is 6.23. The Bertz CT molecular complexity index is 196.